The Balaban J connectivity index is 1.34. The van der Waals surface area contributed by atoms with Gasteiger partial charge in [-0.2, -0.15) is 0 Å². The highest BCUT2D eigenvalue weighted by Gasteiger charge is 2.53. The average Bonchev–Trinajstić information content (AvgIpc) is 3.23. The molecule has 0 aromatic carbocycles. The van der Waals surface area contributed by atoms with Gasteiger partial charge in [-0.1, -0.05) is 28.2 Å². The third-order valence-corrected chi connectivity index (χ3v) is 9.22. The lowest BCUT2D eigenvalue weighted by Gasteiger charge is -2.48. The van der Waals surface area contributed by atoms with Crippen LogP contribution in [0, 0.1) is 12.8 Å². The SMILES string of the molecule is Cc1nnc(SCC2=C(C(=O)O)N3C(=O)C(N=CN4CCC(CCN=[N+]=[N-])CC4)[C@H]3SC2)s1. The van der Waals surface area contributed by atoms with Crippen LogP contribution in [0.5, 0.6) is 0 Å². The molecule has 4 rings (SSSR count). The van der Waals surface area contributed by atoms with Crippen LogP contribution in [0.25, 0.3) is 10.4 Å². The smallest absolute Gasteiger partial charge is 0.352 e. The van der Waals surface area contributed by atoms with Crippen molar-refractivity contribution >= 4 is 53.1 Å². The summed E-state index contributed by atoms with van der Waals surface area (Å²) in [6.07, 6.45) is 4.64. The van der Waals surface area contributed by atoms with Gasteiger partial charge < -0.3 is 10.0 Å². The number of piperidine rings is 1. The van der Waals surface area contributed by atoms with Crippen molar-refractivity contribution in [3.63, 3.8) is 0 Å². The summed E-state index contributed by atoms with van der Waals surface area (Å²) in [6, 6.07) is -0.549. The minimum absolute atomic E-state index is 0.0878. The molecule has 0 aliphatic carbocycles. The first-order valence-corrected chi connectivity index (χ1v) is 13.4. The molecule has 0 bridgehead atoms. The van der Waals surface area contributed by atoms with Crippen molar-refractivity contribution in [2.45, 2.75) is 41.9 Å². The summed E-state index contributed by atoms with van der Waals surface area (Å²) < 4.78 is 0.788. The molecule has 11 nitrogen and oxygen atoms in total. The summed E-state index contributed by atoms with van der Waals surface area (Å²) in [4.78, 5) is 35.6. The van der Waals surface area contributed by atoms with Gasteiger partial charge in [0.25, 0.3) is 5.91 Å². The number of β-lactam (4-membered cyclic amide) rings is 1. The maximum absolute atomic E-state index is 12.8. The molecular weight excluding hydrogens is 484 g/mol. The minimum Gasteiger partial charge on any atom is -0.477 e. The third-order valence-electron chi connectivity index (χ3n) is 5.84. The van der Waals surface area contributed by atoms with E-state index in [-0.39, 0.29) is 17.0 Å². The number of amides is 1. The van der Waals surface area contributed by atoms with Crippen LogP contribution in [0.4, 0.5) is 0 Å². The van der Waals surface area contributed by atoms with Crippen LogP contribution in [-0.2, 0) is 9.59 Å². The molecule has 1 aromatic heterocycles. The largest absolute Gasteiger partial charge is 0.477 e. The van der Waals surface area contributed by atoms with E-state index in [1.807, 2.05) is 6.92 Å². The molecule has 176 valence electrons. The van der Waals surface area contributed by atoms with E-state index in [1.165, 1.54) is 28.0 Å². The van der Waals surface area contributed by atoms with Gasteiger partial charge in [0.15, 0.2) is 10.4 Å². The Morgan fingerprint density at radius 3 is 2.85 bits per heavy atom. The molecule has 2 fully saturated rings. The van der Waals surface area contributed by atoms with Gasteiger partial charge in [-0.3, -0.25) is 14.7 Å². The van der Waals surface area contributed by atoms with Crippen molar-refractivity contribution in [3.8, 4) is 0 Å². The van der Waals surface area contributed by atoms with Crippen LogP contribution in [0.1, 0.15) is 24.3 Å². The van der Waals surface area contributed by atoms with Gasteiger partial charge in [-0.15, -0.1) is 22.0 Å². The van der Waals surface area contributed by atoms with E-state index in [9.17, 15) is 14.7 Å². The molecule has 3 aliphatic heterocycles. The molecule has 2 atom stereocenters. The lowest BCUT2D eigenvalue weighted by atomic mass is 9.94. The van der Waals surface area contributed by atoms with Crippen molar-refractivity contribution in [1.82, 2.24) is 20.0 Å². The molecule has 1 amide bonds. The molecule has 1 aromatic rings. The van der Waals surface area contributed by atoms with Gasteiger partial charge in [-0.05, 0) is 43.2 Å². The Hall–Kier alpha value is -2.28. The predicted octanol–water partition coefficient (Wildman–Crippen LogP) is 3.00. The normalized spacial score (nSPS) is 23.5. The van der Waals surface area contributed by atoms with Crippen LogP contribution >= 0.6 is 34.9 Å². The van der Waals surface area contributed by atoms with E-state index in [4.69, 9.17) is 5.53 Å². The van der Waals surface area contributed by atoms with Crippen LogP contribution in [0.2, 0.25) is 0 Å². The number of carboxylic acid groups (broad SMARTS) is 1. The van der Waals surface area contributed by atoms with Crippen molar-refractivity contribution < 1.29 is 14.7 Å². The number of carbonyl (C=O) groups is 2. The number of aromatic nitrogens is 2. The fourth-order valence-electron chi connectivity index (χ4n) is 4.07. The number of thioether (sulfide) groups is 2. The summed E-state index contributed by atoms with van der Waals surface area (Å²) in [5, 5.41) is 22.0. The summed E-state index contributed by atoms with van der Waals surface area (Å²) in [7, 11) is 0. The number of hydrogen-bond acceptors (Lipinski definition) is 9. The fraction of sp³-hybridized carbons (Fsp3) is 0.632. The molecule has 4 heterocycles. The Labute approximate surface area is 203 Å². The highest BCUT2D eigenvalue weighted by molar-refractivity contribution is 8.01. The highest BCUT2D eigenvalue weighted by Crippen LogP contribution is 2.43. The van der Waals surface area contributed by atoms with E-state index in [0.29, 0.717) is 24.0 Å². The highest BCUT2D eigenvalue weighted by atomic mass is 32.2. The zero-order chi connectivity index (χ0) is 23.4. The maximum atomic E-state index is 12.8. The number of azide groups is 1. The molecule has 0 saturated carbocycles. The Bertz CT molecular complexity index is 1010. The van der Waals surface area contributed by atoms with E-state index >= 15 is 0 Å². The van der Waals surface area contributed by atoms with Crippen molar-refractivity contribution in [3.05, 3.63) is 26.7 Å². The number of carboxylic acids is 1. The molecule has 33 heavy (non-hydrogen) atoms. The second-order valence-corrected chi connectivity index (χ2v) is 11.5. The van der Waals surface area contributed by atoms with Gasteiger partial charge >= 0.3 is 5.97 Å². The van der Waals surface area contributed by atoms with Crippen molar-refractivity contribution in [1.29, 1.82) is 0 Å². The number of nitrogens with zero attached hydrogens (tertiary/aromatic N) is 8. The monoisotopic (exact) mass is 508 g/mol. The van der Waals surface area contributed by atoms with E-state index in [2.05, 4.69) is 30.1 Å². The number of aryl methyl sites for hydroxylation is 1. The number of aliphatic imine (C=N–C) groups is 1. The number of carbonyl (C=O) groups excluding carboxylic acids is 1. The van der Waals surface area contributed by atoms with Gasteiger partial charge in [0.2, 0.25) is 0 Å². The molecule has 14 heteroatoms. The van der Waals surface area contributed by atoms with Crippen LogP contribution in [-0.4, -0.2) is 85.9 Å². The second-order valence-electron chi connectivity index (χ2n) is 7.97. The van der Waals surface area contributed by atoms with Crippen molar-refractivity contribution in [2.75, 3.05) is 31.1 Å². The standard InChI is InChI=1S/C19H24N8O3S3/c1-11-23-24-19(33-11)32-9-13-8-31-17-14(16(28)27(17)15(13)18(29)30)21-10-26-6-3-12(4-7-26)2-5-22-25-20/h10,12,14,17H,2-9H2,1H3,(H,29,30)/t14?,17-/m1/s1. The number of fused-ring (bicyclic) bond motifs is 1. The molecule has 1 unspecified atom stereocenters. The molecule has 2 saturated heterocycles. The summed E-state index contributed by atoms with van der Waals surface area (Å²) in [5.74, 6) is 0.201. The first-order chi connectivity index (χ1) is 16.0. The zero-order valence-corrected chi connectivity index (χ0v) is 20.5. The Morgan fingerprint density at radius 2 is 2.18 bits per heavy atom. The quantitative estimate of drug-likeness (QED) is 0.102. The summed E-state index contributed by atoms with van der Waals surface area (Å²) >= 11 is 4.47. The number of likely N-dealkylation sites (tertiary alicyclic amines) is 1. The molecule has 1 N–H and O–H groups in total. The van der Waals surface area contributed by atoms with Gasteiger partial charge in [0, 0.05) is 36.1 Å². The lowest BCUT2D eigenvalue weighted by molar-refractivity contribution is -0.147. The molecule has 0 spiro atoms. The lowest BCUT2D eigenvalue weighted by Crippen LogP contribution is -2.64. The van der Waals surface area contributed by atoms with E-state index in [1.54, 1.807) is 18.1 Å². The predicted molar refractivity (Wildman–Crippen MR) is 128 cm³/mol. The molecule has 0 radical (unpaired) electrons. The third kappa shape index (κ3) is 5.45. The summed E-state index contributed by atoms with van der Waals surface area (Å²) in [5.41, 5.74) is 9.20. The van der Waals surface area contributed by atoms with Crippen LogP contribution in [0.15, 0.2) is 25.7 Å². The first kappa shape index (κ1) is 23.9. The van der Waals surface area contributed by atoms with Crippen molar-refractivity contribution in [2.24, 2.45) is 16.0 Å². The number of hydrogen-bond donors (Lipinski definition) is 1. The zero-order valence-electron chi connectivity index (χ0n) is 18.0. The molecule has 3 aliphatic rings. The Morgan fingerprint density at radius 1 is 1.39 bits per heavy atom. The van der Waals surface area contributed by atoms with E-state index < -0.39 is 12.0 Å². The number of rotatable bonds is 9. The van der Waals surface area contributed by atoms with Gasteiger partial charge in [0.1, 0.15) is 16.1 Å². The first-order valence-electron chi connectivity index (χ1n) is 10.6. The second kappa shape index (κ2) is 10.8. The number of aliphatic carboxylic acids is 1. The van der Waals surface area contributed by atoms with Crippen LogP contribution in [0.3, 0.4) is 0 Å². The topological polar surface area (TPSA) is 148 Å². The summed E-state index contributed by atoms with van der Waals surface area (Å²) in [6.45, 7) is 4.10. The minimum atomic E-state index is -1.08. The van der Waals surface area contributed by atoms with E-state index in [0.717, 1.165) is 47.3 Å². The Kier molecular flexibility index (Phi) is 7.78. The van der Waals surface area contributed by atoms with Crippen LogP contribution < -0.4 is 0 Å². The average molecular weight is 509 g/mol. The van der Waals surface area contributed by atoms with Gasteiger partial charge in [-0.25, -0.2) is 4.79 Å². The maximum Gasteiger partial charge on any atom is 0.352 e. The van der Waals surface area contributed by atoms with Gasteiger partial charge in [0.05, 0.1) is 6.34 Å². The fourth-order valence-corrected chi connectivity index (χ4v) is 7.36. The molecular formula is C19H24N8O3S3.